The van der Waals surface area contributed by atoms with Crippen LogP contribution in [0.15, 0.2) is 6.33 Å². The van der Waals surface area contributed by atoms with Crippen molar-refractivity contribution in [3.63, 3.8) is 0 Å². The van der Waals surface area contributed by atoms with Gasteiger partial charge in [0.1, 0.15) is 12.2 Å². The summed E-state index contributed by atoms with van der Waals surface area (Å²) < 4.78 is 7.41. The molecule has 1 saturated heterocycles. The molecular formula is C16H24N4O2. The van der Waals surface area contributed by atoms with Crippen LogP contribution in [0.1, 0.15) is 63.2 Å². The molecule has 22 heavy (non-hydrogen) atoms. The molecule has 6 nitrogen and oxygen atoms in total. The maximum atomic E-state index is 11.9. The molecule has 1 aromatic heterocycles. The van der Waals surface area contributed by atoms with Crippen molar-refractivity contribution in [2.75, 3.05) is 19.7 Å². The van der Waals surface area contributed by atoms with E-state index in [0.29, 0.717) is 24.0 Å². The van der Waals surface area contributed by atoms with Crippen LogP contribution in [0.3, 0.4) is 0 Å². The summed E-state index contributed by atoms with van der Waals surface area (Å²) >= 11 is 0. The van der Waals surface area contributed by atoms with Gasteiger partial charge in [0.15, 0.2) is 0 Å². The Hall–Kier alpha value is -1.59. The van der Waals surface area contributed by atoms with E-state index >= 15 is 0 Å². The molecule has 0 bridgehead atoms. The van der Waals surface area contributed by atoms with E-state index in [9.17, 15) is 4.79 Å². The highest BCUT2D eigenvalue weighted by molar-refractivity contribution is 5.69. The van der Waals surface area contributed by atoms with Crippen molar-refractivity contribution < 1.29 is 9.53 Å². The van der Waals surface area contributed by atoms with Crippen LogP contribution in [0.4, 0.5) is 4.79 Å². The summed E-state index contributed by atoms with van der Waals surface area (Å²) in [6, 6.07) is 0.483. The van der Waals surface area contributed by atoms with Gasteiger partial charge in [-0.2, -0.15) is 5.10 Å². The number of amides is 1. The van der Waals surface area contributed by atoms with Crippen LogP contribution in [0.5, 0.6) is 0 Å². The van der Waals surface area contributed by atoms with Crippen molar-refractivity contribution in [3.05, 3.63) is 12.2 Å². The lowest BCUT2D eigenvalue weighted by Gasteiger charge is -2.58. The number of hydrogen-bond acceptors (Lipinski definition) is 4. The Morgan fingerprint density at radius 2 is 2.18 bits per heavy atom. The molecule has 120 valence electrons. The second-order valence-corrected chi connectivity index (χ2v) is 7.22. The second-order valence-electron chi connectivity index (χ2n) is 7.22. The Balaban J connectivity index is 1.26. The van der Waals surface area contributed by atoms with Crippen molar-refractivity contribution in [2.24, 2.45) is 5.41 Å². The van der Waals surface area contributed by atoms with Crippen LogP contribution >= 0.6 is 0 Å². The van der Waals surface area contributed by atoms with Crippen LogP contribution in [-0.4, -0.2) is 45.5 Å². The van der Waals surface area contributed by atoms with Crippen molar-refractivity contribution in [3.8, 4) is 0 Å². The van der Waals surface area contributed by atoms with E-state index in [1.807, 2.05) is 4.90 Å². The monoisotopic (exact) mass is 304 g/mol. The fraction of sp³-hybridized carbons (Fsp3) is 0.812. The lowest BCUT2D eigenvalue weighted by atomic mass is 9.61. The molecule has 1 spiro atoms. The minimum absolute atomic E-state index is 0.137. The Labute approximate surface area is 130 Å². The first-order chi connectivity index (χ1) is 10.7. The normalized spacial score (nSPS) is 23.2. The van der Waals surface area contributed by atoms with Gasteiger partial charge in [-0.3, -0.25) is 0 Å². The van der Waals surface area contributed by atoms with Crippen LogP contribution in [0, 0.1) is 5.41 Å². The van der Waals surface area contributed by atoms with Gasteiger partial charge in [0.2, 0.25) is 0 Å². The Morgan fingerprint density at radius 1 is 1.41 bits per heavy atom. The zero-order chi connectivity index (χ0) is 15.2. The van der Waals surface area contributed by atoms with Crippen LogP contribution in [-0.2, 0) is 4.74 Å². The van der Waals surface area contributed by atoms with Gasteiger partial charge in [0.25, 0.3) is 0 Å². The number of nitrogens with zero attached hydrogens (tertiary/aromatic N) is 4. The number of likely N-dealkylation sites (tertiary alicyclic amines) is 1. The van der Waals surface area contributed by atoms with Crippen molar-refractivity contribution in [2.45, 2.75) is 57.4 Å². The van der Waals surface area contributed by atoms with E-state index in [1.54, 1.807) is 6.33 Å². The lowest BCUT2D eigenvalue weighted by molar-refractivity contribution is -0.0828. The first kappa shape index (κ1) is 14.0. The molecule has 4 rings (SSSR count). The van der Waals surface area contributed by atoms with E-state index in [1.165, 1.54) is 18.7 Å². The summed E-state index contributed by atoms with van der Waals surface area (Å²) in [5.74, 6) is 1.82. The standard InChI is InChI=1S/C16H24N4O2/c1-2-3-6-22-15(21)19-9-16(10-19)7-13(8-16)20-14(12-4-5-12)17-11-18-20/h11-13H,2-10H2,1H3. The number of rotatable bonds is 5. The molecule has 3 fully saturated rings. The molecule has 0 N–H and O–H groups in total. The molecule has 1 aromatic rings. The van der Waals surface area contributed by atoms with Gasteiger partial charge in [-0.1, -0.05) is 13.3 Å². The van der Waals surface area contributed by atoms with Gasteiger partial charge >= 0.3 is 6.09 Å². The Kier molecular flexibility index (Phi) is 3.35. The largest absolute Gasteiger partial charge is 0.449 e. The maximum Gasteiger partial charge on any atom is 0.409 e. The van der Waals surface area contributed by atoms with E-state index < -0.39 is 0 Å². The van der Waals surface area contributed by atoms with Crippen LogP contribution < -0.4 is 0 Å². The number of ether oxygens (including phenoxy) is 1. The summed E-state index contributed by atoms with van der Waals surface area (Å²) in [5, 5.41) is 4.43. The zero-order valence-electron chi connectivity index (χ0n) is 13.2. The summed E-state index contributed by atoms with van der Waals surface area (Å²) in [4.78, 5) is 18.1. The average molecular weight is 304 g/mol. The highest BCUT2D eigenvalue weighted by Crippen LogP contribution is 2.55. The zero-order valence-corrected chi connectivity index (χ0v) is 13.2. The molecule has 2 saturated carbocycles. The molecule has 0 radical (unpaired) electrons. The first-order valence-electron chi connectivity index (χ1n) is 8.52. The molecule has 1 amide bonds. The lowest BCUT2D eigenvalue weighted by Crippen LogP contribution is -2.64. The topological polar surface area (TPSA) is 60.2 Å². The summed E-state index contributed by atoms with van der Waals surface area (Å²) in [7, 11) is 0. The molecule has 3 aliphatic rings. The van der Waals surface area contributed by atoms with Crippen molar-refractivity contribution in [1.29, 1.82) is 0 Å². The molecule has 2 aliphatic carbocycles. The first-order valence-corrected chi connectivity index (χ1v) is 8.52. The Bertz CT molecular complexity index is 552. The quantitative estimate of drug-likeness (QED) is 0.785. The number of unbranched alkanes of at least 4 members (excludes halogenated alkanes) is 1. The maximum absolute atomic E-state index is 11.9. The third-order valence-electron chi connectivity index (χ3n) is 5.26. The van der Waals surface area contributed by atoms with Gasteiger partial charge in [-0.15, -0.1) is 0 Å². The average Bonchev–Trinajstić information content (AvgIpc) is 3.15. The third-order valence-corrected chi connectivity index (χ3v) is 5.26. The highest BCUT2D eigenvalue weighted by atomic mass is 16.6. The summed E-state index contributed by atoms with van der Waals surface area (Å²) in [5.41, 5.74) is 0.321. The van der Waals surface area contributed by atoms with E-state index in [4.69, 9.17) is 4.74 Å². The Morgan fingerprint density at radius 3 is 2.86 bits per heavy atom. The number of carbonyl (C=O) groups excluding carboxylic acids is 1. The van der Waals surface area contributed by atoms with Crippen LogP contribution in [0.2, 0.25) is 0 Å². The molecule has 1 aliphatic heterocycles. The minimum Gasteiger partial charge on any atom is -0.449 e. The fourth-order valence-corrected chi connectivity index (χ4v) is 3.83. The minimum atomic E-state index is -0.137. The second kappa shape index (κ2) is 5.25. The van der Waals surface area contributed by atoms with Crippen LogP contribution in [0.25, 0.3) is 0 Å². The third kappa shape index (κ3) is 2.38. The van der Waals surface area contributed by atoms with Gasteiger partial charge in [0.05, 0.1) is 12.6 Å². The molecule has 2 heterocycles. The molecule has 0 aromatic carbocycles. The van der Waals surface area contributed by atoms with E-state index in [2.05, 4.69) is 21.7 Å². The number of aromatic nitrogens is 3. The predicted octanol–water partition coefficient (Wildman–Crippen LogP) is 2.73. The molecular weight excluding hydrogens is 280 g/mol. The van der Waals surface area contributed by atoms with Gasteiger partial charge in [-0.25, -0.2) is 14.5 Å². The predicted molar refractivity (Wildman–Crippen MR) is 80.5 cm³/mol. The van der Waals surface area contributed by atoms with Gasteiger partial charge in [-0.05, 0) is 32.1 Å². The fourth-order valence-electron chi connectivity index (χ4n) is 3.83. The smallest absolute Gasteiger partial charge is 0.409 e. The molecule has 0 atom stereocenters. The van der Waals surface area contributed by atoms with E-state index in [-0.39, 0.29) is 6.09 Å². The molecule has 0 unspecified atom stereocenters. The van der Waals surface area contributed by atoms with Gasteiger partial charge in [0, 0.05) is 24.4 Å². The van der Waals surface area contributed by atoms with Crippen molar-refractivity contribution >= 4 is 6.09 Å². The van der Waals surface area contributed by atoms with Crippen molar-refractivity contribution in [1.82, 2.24) is 19.7 Å². The number of hydrogen-bond donors (Lipinski definition) is 0. The summed E-state index contributed by atoms with van der Waals surface area (Å²) in [6.07, 6.45) is 8.31. The van der Waals surface area contributed by atoms with Gasteiger partial charge < -0.3 is 9.64 Å². The SMILES string of the molecule is CCCCOC(=O)N1CC2(CC(n3ncnc3C3CC3)C2)C1. The number of carbonyl (C=O) groups is 1. The summed E-state index contributed by atoms with van der Waals surface area (Å²) in [6.45, 7) is 4.34. The highest BCUT2D eigenvalue weighted by Gasteiger charge is 2.55. The van der Waals surface area contributed by atoms with E-state index in [0.717, 1.165) is 38.8 Å². The molecule has 6 heteroatoms.